The SMILES string of the molecule is CCCN1C[C@@H](C)[C@@H](OC)CN(C)C(=O)c2cc(NC(=O)Nc3c(C)noc3C)ccc2OC[C@H]1C. The molecule has 1 aromatic carbocycles. The Morgan fingerprint density at radius 3 is 2.61 bits per heavy atom. The number of hydrogen-bond donors (Lipinski definition) is 2. The van der Waals surface area contributed by atoms with Gasteiger partial charge in [-0.2, -0.15) is 0 Å². The van der Waals surface area contributed by atoms with Crippen LogP contribution in [0.25, 0.3) is 0 Å². The van der Waals surface area contributed by atoms with Gasteiger partial charge in [-0.3, -0.25) is 9.69 Å². The summed E-state index contributed by atoms with van der Waals surface area (Å²) in [4.78, 5) is 30.2. The molecule has 0 spiro atoms. The maximum absolute atomic E-state index is 13.5. The summed E-state index contributed by atoms with van der Waals surface area (Å²) in [6, 6.07) is 4.79. The Balaban J connectivity index is 1.87. The van der Waals surface area contributed by atoms with Gasteiger partial charge in [-0.15, -0.1) is 0 Å². The lowest BCUT2D eigenvalue weighted by molar-refractivity contribution is 0.0108. The summed E-state index contributed by atoms with van der Waals surface area (Å²) >= 11 is 0. The lowest BCUT2D eigenvalue weighted by atomic mass is 10.0. The van der Waals surface area contributed by atoms with Crippen LogP contribution in [0.5, 0.6) is 5.75 Å². The van der Waals surface area contributed by atoms with E-state index in [-0.39, 0.29) is 24.0 Å². The van der Waals surface area contributed by atoms with Crippen molar-refractivity contribution in [3.63, 3.8) is 0 Å². The highest BCUT2D eigenvalue weighted by molar-refractivity contribution is 6.02. The molecule has 36 heavy (non-hydrogen) atoms. The van der Waals surface area contributed by atoms with Crippen LogP contribution < -0.4 is 15.4 Å². The molecule has 0 fully saturated rings. The van der Waals surface area contributed by atoms with Crippen LogP contribution >= 0.6 is 0 Å². The summed E-state index contributed by atoms with van der Waals surface area (Å²) in [5.74, 6) is 1.01. The number of aryl methyl sites for hydroxylation is 2. The van der Waals surface area contributed by atoms with E-state index in [9.17, 15) is 9.59 Å². The van der Waals surface area contributed by atoms with Gasteiger partial charge in [0.2, 0.25) is 0 Å². The van der Waals surface area contributed by atoms with Gasteiger partial charge in [-0.05, 0) is 57.9 Å². The lowest BCUT2D eigenvalue weighted by Gasteiger charge is -2.35. The number of amides is 3. The van der Waals surface area contributed by atoms with Crippen molar-refractivity contribution < 1.29 is 23.6 Å². The highest BCUT2D eigenvalue weighted by atomic mass is 16.5. The molecule has 2 N–H and O–H groups in total. The van der Waals surface area contributed by atoms with Gasteiger partial charge < -0.3 is 29.5 Å². The smallest absolute Gasteiger partial charge is 0.323 e. The number of benzene rings is 1. The number of fused-ring (bicyclic) bond motifs is 1. The van der Waals surface area contributed by atoms with E-state index in [1.807, 2.05) is 0 Å². The maximum Gasteiger partial charge on any atom is 0.323 e. The molecule has 2 aromatic rings. The predicted molar refractivity (Wildman–Crippen MR) is 139 cm³/mol. The fourth-order valence-electron chi connectivity index (χ4n) is 4.47. The van der Waals surface area contributed by atoms with E-state index in [1.54, 1.807) is 51.1 Å². The second-order valence-electron chi connectivity index (χ2n) is 9.58. The second-order valence-corrected chi connectivity index (χ2v) is 9.58. The highest BCUT2D eigenvalue weighted by Crippen LogP contribution is 2.27. The topological polar surface area (TPSA) is 109 Å². The minimum atomic E-state index is -0.462. The van der Waals surface area contributed by atoms with Gasteiger partial charge in [-0.25, -0.2) is 4.79 Å². The zero-order valence-electron chi connectivity index (χ0n) is 22.4. The van der Waals surface area contributed by atoms with Gasteiger partial charge in [0.25, 0.3) is 5.91 Å². The Morgan fingerprint density at radius 1 is 1.22 bits per heavy atom. The monoisotopic (exact) mass is 501 g/mol. The molecule has 1 aliphatic rings. The number of likely N-dealkylation sites (N-methyl/N-ethyl adjacent to an activating group) is 1. The third kappa shape index (κ3) is 6.55. The van der Waals surface area contributed by atoms with Crippen LogP contribution in [0.15, 0.2) is 22.7 Å². The lowest BCUT2D eigenvalue weighted by Crippen LogP contribution is -2.46. The number of hydrogen-bond acceptors (Lipinski definition) is 7. The fourth-order valence-corrected chi connectivity index (χ4v) is 4.47. The maximum atomic E-state index is 13.5. The standard InChI is InChI=1S/C26H39N5O5/c1-8-11-31-13-16(2)23(34-7)14-30(6)25(32)21-12-20(9-10-22(21)35-15-17(31)3)27-26(33)28-24-18(4)29-36-19(24)5/h9-10,12,16-17,23H,8,11,13-15H2,1-7H3,(H2,27,28,33)/t16-,17-,23+/m1/s1. The molecule has 0 unspecified atom stereocenters. The van der Waals surface area contributed by atoms with Crippen molar-refractivity contribution in [3.8, 4) is 5.75 Å². The van der Waals surface area contributed by atoms with Crippen molar-refractivity contribution in [2.75, 3.05) is 51.0 Å². The number of nitrogens with zero attached hydrogens (tertiary/aromatic N) is 3. The van der Waals surface area contributed by atoms with E-state index in [1.165, 1.54) is 0 Å². The van der Waals surface area contributed by atoms with Crippen LogP contribution in [0.2, 0.25) is 0 Å². The number of nitrogens with one attached hydrogen (secondary N) is 2. The largest absolute Gasteiger partial charge is 0.491 e. The average molecular weight is 502 g/mol. The van der Waals surface area contributed by atoms with E-state index < -0.39 is 6.03 Å². The summed E-state index contributed by atoms with van der Waals surface area (Å²) in [6.07, 6.45) is 0.922. The molecule has 0 radical (unpaired) electrons. The van der Waals surface area contributed by atoms with Crippen LogP contribution in [0.3, 0.4) is 0 Å². The fraction of sp³-hybridized carbons (Fsp3) is 0.577. The highest BCUT2D eigenvalue weighted by Gasteiger charge is 2.28. The van der Waals surface area contributed by atoms with Crippen LogP contribution in [0, 0.1) is 19.8 Å². The minimum Gasteiger partial charge on any atom is -0.491 e. The number of anilines is 2. The first kappa shape index (κ1) is 27.5. The van der Waals surface area contributed by atoms with Gasteiger partial charge >= 0.3 is 6.03 Å². The first-order chi connectivity index (χ1) is 17.1. The normalized spacial score (nSPS) is 21.7. The third-order valence-electron chi connectivity index (χ3n) is 6.61. The molecule has 10 nitrogen and oxygen atoms in total. The second kappa shape index (κ2) is 12.2. The molecule has 10 heteroatoms. The van der Waals surface area contributed by atoms with E-state index in [0.717, 1.165) is 19.5 Å². The zero-order valence-corrected chi connectivity index (χ0v) is 22.4. The molecule has 0 saturated carbocycles. The Morgan fingerprint density at radius 2 is 1.97 bits per heavy atom. The minimum absolute atomic E-state index is 0.114. The molecule has 3 atom stereocenters. The molecule has 3 amide bonds. The van der Waals surface area contributed by atoms with Crippen molar-refractivity contribution in [3.05, 3.63) is 35.2 Å². The van der Waals surface area contributed by atoms with Crippen LogP contribution in [-0.2, 0) is 4.74 Å². The number of carbonyl (C=O) groups is 2. The van der Waals surface area contributed by atoms with Crippen LogP contribution in [0.4, 0.5) is 16.2 Å². The van der Waals surface area contributed by atoms with Crippen molar-refractivity contribution >= 4 is 23.3 Å². The summed E-state index contributed by atoms with van der Waals surface area (Å²) in [5, 5.41) is 9.38. The van der Waals surface area contributed by atoms with E-state index in [2.05, 4.69) is 41.5 Å². The van der Waals surface area contributed by atoms with Gasteiger partial charge in [0.05, 0.1) is 11.7 Å². The first-order valence-corrected chi connectivity index (χ1v) is 12.4. The van der Waals surface area contributed by atoms with E-state index in [4.69, 9.17) is 14.0 Å². The van der Waals surface area contributed by atoms with Crippen molar-refractivity contribution in [1.29, 1.82) is 0 Å². The van der Waals surface area contributed by atoms with Gasteiger partial charge in [-0.1, -0.05) is 19.0 Å². The first-order valence-electron chi connectivity index (χ1n) is 12.4. The van der Waals surface area contributed by atoms with Crippen molar-refractivity contribution in [2.45, 2.75) is 53.2 Å². The number of carbonyl (C=O) groups excluding carboxylic acids is 2. The van der Waals surface area contributed by atoms with Crippen LogP contribution in [-0.4, -0.2) is 79.4 Å². The zero-order chi connectivity index (χ0) is 26.4. The Kier molecular flexibility index (Phi) is 9.33. The molecule has 2 heterocycles. The molecule has 0 bridgehead atoms. The van der Waals surface area contributed by atoms with Crippen molar-refractivity contribution in [1.82, 2.24) is 15.0 Å². The summed E-state index contributed by atoms with van der Waals surface area (Å²) in [7, 11) is 3.45. The molecule has 1 aromatic heterocycles. The average Bonchev–Trinajstić information content (AvgIpc) is 3.16. The number of urea groups is 1. The molecule has 1 aliphatic heterocycles. The molecular weight excluding hydrogens is 462 g/mol. The van der Waals surface area contributed by atoms with Crippen molar-refractivity contribution in [2.24, 2.45) is 5.92 Å². The van der Waals surface area contributed by atoms with Crippen LogP contribution in [0.1, 0.15) is 49.0 Å². The summed E-state index contributed by atoms with van der Waals surface area (Å²) in [6.45, 7) is 12.6. The van der Waals surface area contributed by atoms with Gasteiger partial charge in [0.15, 0.2) is 5.76 Å². The number of aromatic nitrogens is 1. The Labute approximate surface area is 213 Å². The van der Waals surface area contributed by atoms with Gasteiger partial charge in [0.1, 0.15) is 23.7 Å². The predicted octanol–water partition coefficient (Wildman–Crippen LogP) is 4.15. The molecule has 3 rings (SSSR count). The van der Waals surface area contributed by atoms with E-state index >= 15 is 0 Å². The molecule has 0 aliphatic carbocycles. The molecule has 198 valence electrons. The summed E-state index contributed by atoms with van der Waals surface area (Å²) < 4.78 is 17.1. The van der Waals surface area contributed by atoms with E-state index in [0.29, 0.717) is 47.3 Å². The number of rotatable bonds is 5. The number of ether oxygens (including phenoxy) is 2. The quantitative estimate of drug-likeness (QED) is 0.633. The Hall–Kier alpha value is -3.11. The summed E-state index contributed by atoms with van der Waals surface area (Å²) in [5.41, 5.74) is 1.94. The third-order valence-corrected chi connectivity index (χ3v) is 6.61. The van der Waals surface area contributed by atoms with Gasteiger partial charge in [0, 0.05) is 39.0 Å². The Bertz CT molecular complexity index is 1040. The number of methoxy groups -OCH3 is 1. The molecule has 0 saturated heterocycles. The molecular formula is C26H39N5O5.